The summed E-state index contributed by atoms with van der Waals surface area (Å²) < 4.78 is 7.44. The van der Waals surface area contributed by atoms with Crippen molar-refractivity contribution in [3.05, 3.63) is 27.1 Å². The van der Waals surface area contributed by atoms with E-state index in [-0.39, 0.29) is 0 Å². The lowest BCUT2D eigenvalue weighted by Crippen LogP contribution is -1.97. The van der Waals surface area contributed by atoms with Crippen LogP contribution >= 0.6 is 47.8 Å². The summed E-state index contributed by atoms with van der Waals surface area (Å²) in [7, 11) is 0. The molecular formula is C8H7Br3O. The van der Waals surface area contributed by atoms with Crippen LogP contribution in [0.2, 0.25) is 0 Å². The second kappa shape index (κ2) is 5.25. The summed E-state index contributed by atoms with van der Waals surface area (Å²) in [5.74, 6) is 0.873. The van der Waals surface area contributed by atoms with E-state index in [1.54, 1.807) is 0 Å². The fourth-order valence-electron chi connectivity index (χ4n) is 0.741. The molecule has 1 rings (SSSR count). The molecule has 0 aromatic heterocycles. The van der Waals surface area contributed by atoms with Crippen LogP contribution in [0.1, 0.15) is 0 Å². The maximum absolute atomic E-state index is 5.43. The Labute approximate surface area is 96.9 Å². The van der Waals surface area contributed by atoms with Crippen LogP contribution in [0.3, 0.4) is 0 Å². The quantitative estimate of drug-likeness (QED) is 0.742. The highest BCUT2D eigenvalue weighted by atomic mass is 79.9. The molecule has 0 aliphatic rings. The normalized spacial score (nSPS) is 9.92. The molecule has 0 heterocycles. The molecule has 0 spiro atoms. The van der Waals surface area contributed by atoms with Gasteiger partial charge in [0.2, 0.25) is 0 Å². The van der Waals surface area contributed by atoms with E-state index in [1.807, 2.05) is 18.2 Å². The van der Waals surface area contributed by atoms with Crippen molar-refractivity contribution in [2.24, 2.45) is 0 Å². The molecule has 4 heteroatoms. The molecule has 0 saturated heterocycles. The summed E-state index contributed by atoms with van der Waals surface area (Å²) in [6.07, 6.45) is 0. The zero-order chi connectivity index (χ0) is 8.97. The average molecular weight is 359 g/mol. The molecule has 0 unspecified atom stereocenters. The zero-order valence-electron chi connectivity index (χ0n) is 6.19. The smallest absolute Gasteiger partial charge is 0.133 e. The molecule has 66 valence electrons. The van der Waals surface area contributed by atoms with Crippen molar-refractivity contribution in [1.29, 1.82) is 0 Å². The van der Waals surface area contributed by atoms with Crippen LogP contribution in [0.15, 0.2) is 27.1 Å². The molecule has 0 amide bonds. The van der Waals surface area contributed by atoms with Crippen LogP contribution in [0, 0.1) is 0 Å². The summed E-state index contributed by atoms with van der Waals surface area (Å²) in [6, 6.07) is 5.84. The Kier molecular flexibility index (Phi) is 4.61. The van der Waals surface area contributed by atoms with E-state index in [9.17, 15) is 0 Å². The van der Waals surface area contributed by atoms with Crippen molar-refractivity contribution < 1.29 is 4.74 Å². The predicted molar refractivity (Wildman–Crippen MR) is 61.1 cm³/mol. The molecule has 0 bridgehead atoms. The minimum atomic E-state index is 0.681. The Balaban J connectivity index is 2.72. The zero-order valence-corrected chi connectivity index (χ0v) is 10.9. The summed E-state index contributed by atoms with van der Waals surface area (Å²) in [5, 5.41) is 0.843. The van der Waals surface area contributed by atoms with E-state index < -0.39 is 0 Å². The van der Waals surface area contributed by atoms with Gasteiger partial charge in [-0.2, -0.15) is 0 Å². The van der Waals surface area contributed by atoms with E-state index in [0.717, 1.165) is 20.0 Å². The lowest BCUT2D eigenvalue weighted by atomic mass is 10.3. The molecular weight excluding hydrogens is 352 g/mol. The molecule has 1 nitrogen and oxygen atoms in total. The molecule has 0 radical (unpaired) electrons. The van der Waals surface area contributed by atoms with Crippen LogP contribution in [0.5, 0.6) is 5.75 Å². The Morgan fingerprint density at radius 1 is 1.25 bits per heavy atom. The Morgan fingerprint density at radius 2 is 2.00 bits per heavy atom. The lowest BCUT2D eigenvalue weighted by molar-refractivity contribution is 0.343. The minimum Gasteiger partial charge on any atom is -0.492 e. The third-order valence-electron chi connectivity index (χ3n) is 1.23. The SMILES string of the molecule is BrCCOc1ccc(Br)cc1Br. The molecule has 0 atom stereocenters. The van der Waals surface area contributed by atoms with Crippen molar-refractivity contribution >= 4 is 47.8 Å². The highest BCUT2D eigenvalue weighted by Crippen LogP contribution is 2.28. The number of hydrogen-bond acceptors (Lipinski definition) is 1. The van der Waals surface area contributed by atoms with E-state index in [2.05, 4.69) is 47.8 Å². The van der Waals surface area contributed by atoms with Crippen molar-refractivity contribution in [3.63, 3.8) is 0 Å². The molecule has 1 aromatic carbocycles. The van der Waals surface area contributed by atoms with Gasteiger partial charge in [-0.15, -0.1) is 0 Å². The first-order valence-corrected chi connectivity index (χ1v) is 6.08. The van der Waals surface area contributed by atoms with Gasteiger partial charge in [-0.1, -0.05) is 31.9 Å². The van der Waals surface area contributed by atoms with Gasteiger partial charge in [0.15, 0.2) is 0 Å². The first-order chi connectivity index (χ1) is 5.74. The second-order valence-corrected chi connectivity index (χ2v) is 4.68. The molecule has 0 N–H and O–H groups in total. The largest absolute Gasteiger partial charge is 0.492 e. The number of halogens is 3. The summed E-state index contributed by atoms with van der Waals surface area (Å²) in [6.45, 7) is 0.681. The molecule has 0 aliphatic carbocycles. The van der Waals surface area contributed by atoms with Crippen molar-refractivity contribution in [2.75, 3.05) is 11.9 Å². The van der Waals surface area contributed by atoms with Gasteiger partial charge in [-0.3, -0.25) is 0 Å². The van der Waals surface area contributed by atoms with Crippen LogP contribution in [-0.4, -0.2) is 11.9 Å². The fraction of sp³-hybridized carbons (Fsp3) is 0.250. The van der Waals surface area contributed by atoms with Gasteiger partial charge in [0, 0.05) is 9.80 Å². The average Bonchev–Trinajstić information content (AvgIpc) is 2.03. The van der Waals surface area contributed by atoms with Crippen molar-refractivity contribution in [1.82, 2.24) is 0 Å². The van der Waals surface area contributed by atoms with Gasteiger partial charge in [-0.05, 0) is 34.1 Å². The maximum atomic E-state index is 5.43. The van der Waals surface area contributed by atoms with E-state index >= 15 is 0 Å². The summed E-state index contributed by atoms with van der Waals surface area (Å²) in [5.41, 5.74) is 0. The minimum absolute atomic E-state index is 0.681. The first-order valence-electron chi connectivity index (χ1n) is 3.38. The first kappa shape index (κ1) is 10.5. The van der Waals surface area contributed by atoms with Gasteiger partial charge in [-0.25, -0.2) is 0 Å². The maximum Gasteiger partial charge on any atom is 0.133 e. The van der Waals surface area contributed by atoms with E-state index in [0.29, 0.717) is 6.61 Å². The highest BCUT2D eigenvalue weighted by Gasteiger charge is 1.99. The van der Waals surface area contributed by atoms with E-state index in [1.165, 1.54) is 0 Å². The van der Waals surface area contributed by atoms with Gasteiger partial charge >= 0.3 is 0 Å². The molecule has 12 heavy (non-hydrogen) atoms. The number of alkyl halides is 1. The lowest BCUT2D eigenvalue weighted by Gasteiger charge is -2.05. The molecule has 0 fully saturated rings. The monoisotopic (exact) mass is 356 g/mol. The Bertz CT molecular complexity index is 262. The standard InChI is InChI=1S/C8H7Br3O/c9-3-4-12-8-2-1-6(10)5-7(8)11/h1-2,5H,3-4H2. The third kappa shape index (κ3) is 3.07. The topological polar surface area (TPSA) is 9.23 Å². The molecule has 0 aliphatic heterocycles. The van der Waals surface area contributed by atoms with Crippen LogP contribution in [0.25, 0.3) is 0 Å². The number of benzene rings is 1. The van der Waals surface area contributed by atoms with Crippen LogP contribution in [0.4, 0.5) is 0 Å². The Morgan fingerprint density at radius 3 is 2.58 bits per heavy atom. The highest BCUT2D eigenvalue weighted by molar-refractivity contribution is 9.11. The Hall–Kier alpha value is 0.460. The van der Waals surface area contributed by atoms with Crippen molar-refractivity contribution in [2.45, 2.75) is 0 Å². The third-order valence-corrected chi connectivity index (χ3v) is 2.67. The fourth-order valence-corrected chi connectivity index (χ4v) is 2.06. The van der Waals surface area contributed by atoms with Gasteiger partial charge in [0.1, 0.15) is 5.75 Å². The summed E-state index contributed by atoms with van der Waals surface area (Å²) >= 11 is 10.1. The predicted octanol–water partition coefficient (Wildman–Crippen LogP) is 3.99. The number of hydrogen-bond donors (Lipinski definition) is 0. The van der Waals surface area contributed by atoms with E-state index in [4.69, 9.17) is 4.74 Å². The van der Waals surface area contributed by atoms with Crippen molar-refractivity contribution in [3.8, 4) is 5.75 Å². The van der Waals surface area contributed by atoms with Crippen LogP contribution < -0.4 is 4.74 Å². The van der Waals surface area contributed by atoms with Crippen LogP contribution in [-0.2, 0) is 0 Å². The second-order valence-electron chi connectivity index (χ2n) is 2.11. The van der Waals surface area contributed by atoms with Gasteiger partial charge in [0.25, 0.3) is 0 Å². The summed E-state index contributed by atoms with van der Waals surface area (Å²) in [4.78, 5) is 0. The molecule has 0 saturated carbocycles. The number of rotatable bonds is 3. The van der Waals surface area contributed by atoms with Gasteiger partial charge < -0.3 is 4.74 Å². The molecule has 1 aromatic rings. The number of ether oxygens (including phenoxy) is 1. The van der Waals surface area contributed by atoms with Gasteiger partial charge in [0.05, 0.1) is 11.1 Å².